The van der Waals surface area contributed by atoms with Gasteiger partial charge in [0.25, 0.3) is 0 Å². The number of rotatable bonds is 11. The number of nitrogens with zero attached hydrogens (tertiary/aromatic N) is 3. The minimum Gasteiger partial charge on any atom is -0.476 e. The van der Waals surface area contributed by atoms with Gasteiger partial charge in [-0.2, -0.15) is 0 Å². The van der Waals surface area contributed by atoms with Gasteiger partial charge in [0.2, 0.25) is 0 Å². The van der Waals surface area contributed by atoms with Gasteiger partial charge in [0.05, 0.1) is 19.3 Å². The lowest BCUT2D eigenvalue weighted by Crippen LogP contribution is -2.07. The Labute approximate surface area is 113 Å². The molecular formula is C13H23N3O3. The van der Waals surface area contributed by atoms with Gasteiger partial charge in [-0.15, -0.1) is 5.10 Å². The smallest absolute Gasteiger partial charge is 0.358 e. The first-order valence-electron chi connectivity index (χ1n) is 6.95. The van der Waals surface area contributed by atoms with Crippen LogP contribution in [0.5, 0.6) is 0 Å². The van der Waals surface area contributed by atoms with Crippen LogP contribution in [0.1, 0.15) is 55.9 Å². The number of unbranched alkanes of at least 4 members (excludes halogenated alkanes) is 5. The van der Waals surface area contributed by atoms with E-state index in [9.17, 15) is 4.79 Å². The largest absolute Gasteiger partial charge is 0.476 e. The summed E-state index contributed by atoms with van der Waals surface area (Å²) in [4.78, 5) is 10.6. The van der Waals surface area contributed by atoms with Crippen LogP contribution in [0.15, 0.2) is 6.20 Å². The molecule has 6 heteroatoms. The van der Waals surface area contributed by atoms with Gasteiger partial charge in [-0.05, 0) is 6.42 Å². The molecule has 0 spiro atoms. The SMILES string of the molecule is CCCCCCCCOCCn1cc(C(=O)O)nn1. The average Bonchev–Trinajstić information content (AvgIpc) is 2.86. The first-order valence-corrected chi connectivity index (χ1v) is 6.95. The zero-order chi connectivity index (χ0) is 13.9. The Hall–Kier alpha value is -1.43. The van der Waals surface area contributed by atoms with Crippen molar-refractivity contribution in [1.29, 1.82) is 0 Å². The van der Waals surface area contributed by atoms with E-state index in [1.165, 1.54) is 43.0 Å². The summed E-state index contributed by atoms with van der Waals surface area (Å²) >= 11 is 0. The Bertz CT molecular complexity index is 366. The summed E-state index contributed by atoms with van der Waals surface area (Å²) < 4.78 is 6.97. The third-order valence-corrected chi connectivity index (χ3v) is 2.86. The van der Waals surface area contributed by atoms with Gasteiger partial charge in [0.1, 0.15) is 0 Å². The highest BCUT2D eigenvalue weighted by molar-refractivity contribution is 5.84. The lowest BCUT2D eigenvalue weighted by Gasteiger charge is -2.04. The van der Waals surface area contributed by atoms with Crippen LogP contribution < -0.4 is 0 Å². The molecule has 0 bridgehead atoms. The van der Waals surface area contributed by atoms with Crippen LogP contribution in [0.4, 0.5) is 0 Å². The summed E-state index contributed by atoms with van der Waals surface area (Å²) in [5.74, 6) is -1.06. The molecule has 0 atom stereocenters. The standard InChI is InChI=1S/C13H23N3O3/c1-2-3-4-5-6-7-9-19-10-8-16-11-12(13(17)18)14-15-16/h11H,2-10H2,1H3,(H,17,18). The number of aromatic carboxylic acids is 1. The number of carboxylic acid groups (broad SMARTS) is 1. The van der Waals surface area contributed by atoms with Crippen LogP contribution in [0.3, 0.4) is 0 Å². The lowest BCUT2D eigenvalue weighted by molar-refractivity contribution is 0.0690. The van der Waals surface area contributed by atoms with Crippen molar-refractivity contribution in [3.8, 4) is 0 Å². The van der Waals surface area contributed by atoms with Crippen molar-refractivity contribution in [3.05, 3.63) is 11.9 Å². The molecule has 0 fully saturated rings. The van der Waals surface area contributed by atoms with E-state index in [4.69, 9.17) is 9.84 Å². The fraction of sp³-hybridized carbons (Fsp3) is 0.769. The fourth-order valence-electron chi connectivity index (χ4n) is 1.75. The summed E-state index contributed by atoms with van der Waals surface area (Å²) in [5, 5.41) is 15.9. The number of hydrogen-bond acceptors (Lipinski definition) is 4. The maximum absolute atomic E-state index is 10.6. The molecule has 0 amide bonds. The fourth-order valence-corrected chi connectivity index (χ4v) is 1.75. The van der Waals surface area contributed by atoms with Gasteiger partial charge >= 0.3 is 5.97 Å². The van der Waals surface area contributed by atoms with Crippen molar-refractivity contribution in [2.24, 2.45) is 0 Å². The zero-order valence-electron chi connectivity index (χ0n) is 11.5. The Morgan fingerprint density at radius 2 is 2.00 bits per heavy atom. The second kappa shape index (κ2) is 9.49. The van der Waals surface area contributed by atoms with E-state index >= 15 is 0 Å². The topological polar surface area (TPSA) is 77.2 Å². The molecule has 1 aromatic heterocycles. The van der Waals surface area contributed by atoms with Crippen LogP contribution in [0.25, 0.3) is 0 Å². The van der Waals surface area contributed by atoms with Gasteiger partial charge in [0, 0.05) is 6.61 Å². The molecule has 0 aliphatic rings. The Morgan fingerprint density at radius 1 is 1.26 bits per heavy atom. The third-order valence-electron chi connectivity index (χ3n) is 2.86. The highest BCUT2D eigenvalue weighted by Crippen LogP contribution is 2.04. The van der Waals surface area contributed by atoms with E-state index < -0.39 is 5.97 Å². The van der Waals surface area contributed by atoms with E-state index in [1.54, 1.807) is 0 Å². The van der Waals surface area contributed by atoms with Crippen LogP contribution in [0.2, 0.25) is 0 Å². The number of carbonyl (C=O) groups is 1. The molecule has 19 heavy (non-hydrogen) atoms. The predicted molar refractivity (Wildman–Crippen MR) is 71.2 cm³/mol. The van der Waals surface area contributed by atoms with Crippen LogP contribution in [-0.4, -0.2) is 39.3 Å². The van der Waals surface area contributed by atoms with E-state index in [-0.39, 0.29) is 5.69 Å². The minimum absolute atomic E-state index is 0.0316. The van der Waals surface area contributed by atoms with Gasteiger partial charge in [0.15, 0.2) is 5.69 Å². The molecule has 1 rings (SSSR count). The number of hydrogen-bond donors (Lipinski definition) is 1. The first kappa shape index (κ1) is 15.6. The quantitative estimate of drug-likeness (QED) is 0.624. The monoisotopic (exact) mass is 269 g/mol. The molecule has 0 saturated heterocycles. The highest BCUT2D eigenvalue weighted by Gasteiger charge is 2.07. The van der Waals surface area contributed by atoms with Crippen LogP contribution >= 0.6 is 0 Å². The van der Waals surface area contributed by atoms with Crippen LogP contribution in [0, 0.1) is 0 Å². The van der Waals surface area contributed by atoms with Crippen molar-refractivity contribution >= 4 is 5.97 Å². The summed E-state index contributed by atoms with van der Waals surface area (Å²) in [6.45, 7) is 4.04. The molecule has 1 N–H and O–H groups in total. The number of aromatic nitrogens is 3. The Morgan fingerprint density at radius 3 is 2.68 bits per heavy atom. The maximum Gasteiger partial charge on any atom is 0.358 e. The number of ether oxygens (including phenoxy) is 1. The minimum atomic E-state index is -1.06. The van der Waals surface area contributed by atoms with Crippen LogP contribution in [-0.2, 0) is 11.3 Å². The Balaban J connectivity index is 1.97. The van der Waals surface area contributed by atoms with Gasteiger partial charge in [-0.1, -0.05) is 44.2 Å². The molecule has 0 radical (unpaired) electrons. The molecule has 108 valence electrons. The average molecular weight is 269 g/mol. The summed E-state index contributed by atoms with van der Waals surface area (Å²) in [6, 6.07) is 0. The van der Waals surface area contributed by atoms with Crippen molar-refractivity contribution in [3.63, 3.8) is 0 Å². The Kier molecular flexibility index (Phi) is 7.81. The molecule has 1 aromatic rings. The summed E-state index contributed by atoms with van der Waals surface area (Å²) in [6.07, 6.45) is 8.89. The van der Waals surface area contributed by atoms with Gasteiger partial charge in [-0.25, -0.2) is 9.48 Å². The maximum atomic E-state index is 10.6. The van der Waals surface area contributed by atoms with Gasteiger partial charge < -0.3 is 9.84 Å². The molecule has 0 aliphatic carbocycles. The molecular weight excluding hydrogens is 246 g/mol. The molecule has 0 aliphatic heterocycles. The third kappa shape index (κ3) is 6.91. The van der Waals surface area contributed by atoms with Crippen molar-refractivity contribution < 1.29 is 14.6 Å². The summed E-state index contributed by atoms with van der Waals surface area (Å²) in [7, 11) is 0. The van der Waals surface area contributed by atoms with Gasteiger partial charge in [-0.3, -0.25) is 0 Å². The van der Waals surface area contributed by atoms with E-state index in [2.05, 4.69) is 17.2 Å². The van der Waals surface area contributed by atoms with E-state index in [1.807, 2.05) is 0 Å². The first-order chi connectivity index (χ1) is 9.24. The zero-order valence-corrected chi connectivity index (χ0v) is 11.5. The summed E-state index contributed by atoms with van der Waals surface area (Å²) in [5.41, 5.74) is -0.0316. The lowest BCUT2D eigenvalue weighted by atomic mass is 10.1. The van der Waals surface area contributed by atoms with E-state index in [0.29, 0.717) is 13.2 Å². The second-order valence-electron chi connectivity index (χ2n) is 4.55. The van der Waals surface area contributed by atoms with Crippen molar-refractivity contribution in [1.82, 2.24) is 15.0 Å². The van der Waals surface area contributed by atoms with Crippen molar-refractivity contribution in [2.75, 3.05) is 13.2 Å². The van der Waals surface area contributed by atoms with Crippen molar-refractivity contribution in [2.45, 2.75) is 52.0 Å². The number of carboxylic acids is 1. The van der Waals surface area contributed by atoms with E-state index in [0.717, 1.165) is 13.0 Å². The molecule has 0 unspecified atom stereocenters. The molecule has 0 saturated carbocycles. The normalized spacial score (nSPS) is 10.8. The predicted octanol–water partition coefficient (Wildman–Crippen LogP) is 2.35. The molecule has 0 aromatic carbocycles. The molecule has 6 nitrogen and oxygen atoms in total. The molecule has 1 heterocycles. The highest BCUT2D eigenvalue weighted by atomic mass is 16.5. The second-order valence-corrected chi connectivity index (χ2v) is 4.55.